The van der Waals surface area contributed by atoms with Gasteiger partial charge in [0.1, 0.15) is 12.4 Å². The zero-order chi connectivity index (χ0) is 29.1. The molecule has 0 unspecified atom stereocenters. The Labute approximate surface area is 247 Å². The molecule has 41 heavy (non-hydrogen) atoms. The summed E-state index contributed by atoms with van der Waals surface area (Å²) in [6, 6.07) is 23.2. The van der Waals surface area contributed by atoms with E-state index in [2.05, 4.69) is 36.2 Å². The Hall–Kier alpha value is -3.88. The van der Waals surface area contributed by atoms with E-state index in [9.17, 15) is 9.59 Å². The summed E-state index contributed by atoms with van der Waals surface area (Å²) < 4.78 is 13.7. The minimum Gasteiger partial charge on any atom is -0.489 e. The number of hydrogen-bond donors (Lipinski definition) is 0. The van der Waals surface area contributed by atoms with Crippen LogP contribution in [0.2, 0.25) is 0 Å². The van der Waals surface area contributed by atoms with Gasteiger partial charge in [-0.05, 0) is 81.0 Å². The number of esters is 1. The van der Waals surface area contributed by atoms with E-state index in [1.54, 1.807) is 23.3 Å². The van der Waals surface area contributed by atoms with Crippen molar-refractivity contribution in [1.82, 2.24) is 4.57 Å². The molecule has 0 saturated carbocycles. The molecule has 0 N–H and O–H groups in total. The van der Waals surface area contributed by atoms with Crippen LogP contribution in [0.15, 0.2) is 98.7 Å². The Morgan fingerprint density at radius 1 is 1.02 bits per heavy atom. The highest BCUT2D eigenvalue weighted by Crippen LogP contribution is 2.32. The van der Waals surface area contributed by atoms with E-state index in [0.29, 0.717) is 27.2 Å². The summed E-state index contributed by atoms with van der Waals surface area (Å²) in [5.74, 6) is 0.289. The Morgan fingerprint density at radius 2 is 1.71 bits per heavy atom. The van der Waals surface area contributed by atoms with Gasteiger partial charge in [0.15, 0.2) is 4.80 Å². The Kier molecular flexibility index (Phi) is 8.61. The second-order valence-electron chi connectivity index (χ2n) is 10.2. The number of ether oxygens (including phenoxy) is 2. The fraction of sp³-hybridized carbons (Fsp3) is 0.242. The first kappa shape index (κ1) is 28.6. The van der Waals surface area contributed by atoms with Crippen LogP contribution < -0.4 is 19.6 Å². The lowest BCUT2D eigenvalue weighted by molar-refractivity contribution is -0.143. The second-order valence-corrected chi connectivity index (χ2v) is 12.0. The first-order valence-electron chi connectivity index (χ1n) is 13.4. The van der Waals surface area contributed by atoms with Crippen molar-refractivity contribution in [1.29, 1.82) is 0 Å². The van der Waals surface area contributed by atoms with E-state index in [4.69, 9.17) is 9.47 Å². The molecule has 1 atom stereocenters. The van der Waals surface area contributed by atoms with Gasteiger partial charge in [0.25, 0.3) is 5.56 Å². The fourth-order valence-corrected chi connectivity index (χ4v) is 6.08. The first-order chi connectivity index (χ1) is 19.7. The van der Waals surface area contributed by atoms with Gasteiger partial charge in [-0.25, -0.2) is 9.79 Å². The molecule has 0 radical (unpaired) electrons. The van der Waals surface area contributed by atoms with Crippen LogP contribution in [-0.4, -0.2) is 22.9 Å². The maximum absolute atomic E-state index is 13.9. The molecule has 0 aliphatic carbocycles. The molecule has 1 aliphatic rings. The average molecular weight is 585 g/mol. The lowest BCUT2D eigenvalue weighted by Crippen LogP contribution is -2.40. The molecule has 5 rings (SSSR count). The molecular formula is C33H32N2O4S2. The largest absolute Gasteiger partial charge is 0.489 e. The number of thiazole rings is 1. The summed E-state index contributed by atoms with van der Waals surface area (Å²) in [6.07, 6.45) is 3.57. The number of hydrogen-bond acceptors (Lipinski definition) is 7. The van der Waals surface area contributed by atoms with E-state index < -0.39 is 12.0 Å². The van der Waals surface area contributed by atoms with Crippen LogP contribution in [0, 0.1) is 6.92 Å². The number of thioether (sulfide) groups is 1. The third-order valence-corrected chi connectivity index (χ3v) is 8.45. The van der Waals surface area contributed by atoms with Crippen molar-refractivity contribution in [2.75, 3.05) is 6.26 Å². The number of aryl methyl sites for hydroxylation is 1. The van der Waals surface area contributed by atoms with Crippen LogP contribution >= 0.6 is 23.1 Å². The van der Waals surface area contributed by atoms with E-state index >= 15 is 0 Å². The fourth-order valence-electron chi connectivity index (χ4n) is 4.62. The zero-order valence-corrected chi connectivity index (χ0v) is 25.3. The molecule has 3 aromatic carbocycles. The van der Waals surface area contributed by atoms with Crippen molar-refractivity contribution in [2.24, 2.45) is 4.99 Å². The topological polar surface area (TPSA) is 69.9 Å². The van der Waals surface area contributed by atoms with Crippen molar-refractivity contribution >= 4 is 35.1 Å². The summed E-state index contributed by atoms with van der Waals surface area (Å²) in [7, 11) is 0. The van der Waals surface area contributed by atoms with Gasteiger partial charge in [0, 0.05) is 4.90 Å². The SMILES string of the molecule is CSc1ccc([C@@H]2C(C(=O)OC(C)C)=C(C)N=c3s/c(=C\c4ccc(OCc5ccc(C)cc5)cc4)c(=O)n32)cc1. The van der Waals surface area contributed by atoms with Crippen molar-refractivity contribution in [3.63, 3.8) is 0 Å². The molecule has 8 heteroatoms. The van der Waals surface area contributed by atoms with E-state index in [-0.39, 0.29) is 11.7 Å². The van der Waals surface area contributed by atoms with Crippen molar-refractivity contribution in [2.45, 2.75) is 51.3 Å². The van der Waals surface area contributed by atoms with Crippen molar-refractivity contribution < 1.29 is 14.3 Å². The molecular weight excluding hydrogens is 553 g/mol. The van der Waals surface area contributed by atoms with Crippen LogP contribution in [-0.2, 0) is 16.1 Å². The zero-order valence-electron chi connectivity index (χ0n) is 23.7. The van der Waals surface area contributed by atoms with Gasteiger partial charge >= 0.3 is 5.97 Å². The Balaban J connectivity index is 1.49. The standard InChI is InChI=1S/C33H32N2O4S2/c1-20(2)39-32(37)29-22(4)34-33-35(30(29)25-12-16-27(40-5)17-13-25)31(36)28(41-33)18-23-10-14-26(15-11-23)38-19-24-8-6-21(3)7-9-24/h6-18,20,30H,19H2,1-5H3/b28-18-/t30-/m1/s1. The number of fused-ring (bicyclic) bond motifs is 1. The molecule has 1 aromatic heterocycles. The number of nitrogens with zero attached hydrogens (tertiary/aromatic N) is 2. The summed E-state index contributed by atoms with van der Waals surface area (Å²) in [5, 5.41) is 0. The monoisotopic (exact) mass is 584 g/mol. The maximum atomic E-state index is 13.9. The summed E-state index contributed by atoms with van der Waals surface area (Å²) in [5.41, 5.74) is 4.75. The third-order valence-electron chi connectivity index (χ3n) is 6.72. The van der Waals surface area contributed by atoms with Gasteiger partial charge in [-0.15, -0.1) is 11.8 Å². The van der Waals surface area contributed by atoms with Gasteiger partial charge in [-0.1, -0.05) is 65.4 Å². The molecule has 0 amide bonds. The summed E-state index contributed by atoms with van der Waals surface area (Å²) >= 11 is 2.95. The van der Waals surface area contributed by atoms with Crippen LogP contribution in [0.3, 0.4) is 0 Å². The number of carbonyl (C=O) groups is 1. The van der Waals surface area contributed by atoms with Crippen LogP contribution in [0.25, 0.3) is 6.08 Å². The minimum absolute atomic E-state index is 0.199. The predicted octanol–water partition coefficient (Wildman–Crippen LogP) is 5.80. The number of aromatic nitrogens is 1. The van der Waals surface area contributed by atoms with E-state index in [1.807, 2.05) is 74.7 Å². The molecule has 0 spiro atoms. The van der Waals surface area contributed by atoms with Crippen molar-refractivity contribution in [3.05, 3.63) is 126 Å². The molecule has 4 aromatic rings. The van der Waals surface area contributed by atoms with E-state index in [0.717, 1.165) is 27.3 Å². The summed E-state index contributed by atoms with van der Waals surface area (Å²) in [6.45, 7) is 7.96. The lowest BCUT2D eigenvalue weighted by atomic mass is 9.96. The minimum atomic E-state index is -0.631. The molecule has 0 saturated heterocycles. The van der Waals surface area contributed by atoms with Gasteiger partial charge in [0.05, 0.1) is 27.9 Å². The van der Waals surface area contributed by atoms with Crippen LogP contribution in [0.4, 0.5) is 0 Å². The highest BCUT2D eigenvalue weighted by Gasteiger charge is 2.33. The Morgan fingerprint density at radius 3 is 2.34 bits per heavy atom. The molecule has 2 heterocycles. The quantitative estimate of drug-likeness (QED) is 0.194. The molecule has 0 fully saturated rings. The third kappa shape index (κ3) is 6.39. The van der Waals surface area contributed by atoms with E-state index in [1.165, 1.54) is 16.9 Å². The van der Waals surface area contributed by atoms with Gasteiger partial charge in [0.2, 0.25) is 0 Å². The van der Waals surface area contributed by atoms with Gasteiger partial charge < -0.3 is 9.47 Å². The smallest absolute Gasteiger partial charge is 0.338 e. The second kappa shape index (κ2) is 12.3. The highest BCUT2D eigenvalue weighted by atomic mass is 32.2. The molecule has 6 nitrogen and oxygen atoms in total. The van der Waals surface area contributed by atoms with Gasteiger partial charge in [-0.2, -0.15) is 0 Å². The first-order valence-corrected chi connectivity index (χ1v) is 15.4. The predicted molar refractivity (Wildman–Crippen MR) is 165 cm³/mol. The molecule has 210 valence electrons. The number of allylic oxidation sites excluding steroid dienone is 1. The summed E-state index contributed by atoms with van der Waals surface area (Å²) in [4.78, 5) is 33.4. The molecule has 0 bridgehead atoms. The van der Waals surface area contributed by atoms with Crippen LogP contribution in [0.1, 0.15) is 49.1 Å². The maximum Gasteiger partial charge on any atom is 0.338 e. The number of benzene rings is 3. The number of carbonyl (C=O) groups excluding carboxylic acids is 1. The van der Waals surface area contributed by atoms with Crippen LogP contribution in [0.5, 0.6) is 5.75 Å². The Bertz CT molecular complexity index is 1770. The lowest BCUT2D eigenvalue weighted by Gasteiger charge is -2.25. The highest BCUT2D eigenvalue weighted by molar-refractivity contribution is 7.98. The number of rotatable bonds is 8. The average Bonchev–Trinajstić information content (AvgIpc) is 3.26. The molecule has 1 aliphatic heterocycles. The normalized spacial score (nSPS) is 15.1. The van der Waals surface area contributed by atoms with Crippen molar-refractivity contribution in [3.8, 4) is 5.75 Å². The van der Waals surface area contributed by atoms with Gasteiger partial charge in [-0.3, -0.25) is 9.36 Å².